The standard InChI is InChI=1S/C14H14N4O4/c1-21-9-4-5-10(11(8-9)22-2)17-12(19)13(20)18-14-15-6-3-7-16-14/h3-8H,1-2H3,(H,17,19)(H,15,16,18,20). The number of benzene rings is 1. The number of carbonyl (C=O) groups is 2. The molecule has 1 heterocycles. The third-order valence-corrected chi connectivity index (χ3v) is 2.65. The summed E-state index contributed by atoms with van der Waals surface area (Å²) in [6.45, 7) is 0. The molecule has 114 valence electrons. The summed E-state index contributed by atoms with van der Waals surface area (Å²) >= 11 is 0. The van der Waals surface area contributed by atoms with E-state index in [2.05, 4.69) is 20.6 Å². The zero-order valence-corrected chi connectivity index (χ0v) is 12.0. The Morgan fingerprint density at radius 2 is 1.68 bits per heavy atom. The maximum Gasteiger partial charge on any atom is 0.316 e. The predicted octanol–water partition coefficient (Wildman–Crippen LogP) is 1.07. The molecule has 0 saturated heterocycles. The highest BCUT2D eigenvalue weighted by atomic mass is 16.5. The van der Waals surface area contributed by atoms with Crippen LogP contribution >= 0.6 is 0 Å². The molecule has 2 N–H and O–H groups in total. The number of methoxy groups -OCH3 is 2. The molecule has 0 atom stereocenters. The van der Waals surface area contributed by atoms with Crippen LogP contribution in [0.15, 0.2) is 36.7 Å². The number of hydrogen-bond donors (Lipinski definition) is 2. The fourth-order valence-electron chi connectivity index (χ4n) is 1.60. The van der Waals surface area contributed by atoms with Gasteiger partial charge in [0.2, 0.25) is 5.95 Å². The number of anilines is 2. The molecule has 0 bridgehead atoms. The van der Waals surface area contributed by atoms with Crippen molar-refractivity contribution in [1.29, 1.82) is 0 Å². The lowest BCUT2D eigenvalue weighted by Gasteiger charge is -2.11. The van der Waals surface area contributed by atoms with Crippen LogP contribution in [0.4, 0.5) is 11.6 Å². The van der Waals surface area contributed by atoms with Gasteiger partial charge in [0, 0.05) is 18.5 Å². The van der Waals surface area contributed by atoms with E-state index in [4.69, 9.17) is 9.47 Å². The van der Waals surface area contributed by atoms with Gasteiger partial charge >= 0.3 is 11.8 Å². The first-order valence-electron chi connectivity index (χ1n) is 6.25. The summed E-state index contributed by atoms with van der Waals surface area (Å²) in [5.74, 6) is -0.766. The number of nitrogens with one attached hydrogen (secondary N) is 2. The molecule has 0 saturated carbocycles. The molecule has 0 aliphatic rings. The summed E-state index contributed by atoms with van der Waals surface area (Å²) in [6, 6.07) is 6.39. The Bertz CT molecular complexity index is 676. The third kappa shape index (κ3) is 3.69. The molecule has 2 amide bonds. The summed E-state index contributed by atoms with van der Waals surface area (Å²) < 4.78 is 10.2. The van der Waals surface area contributed by atoms with Crippen LogP contribution in [0.1, 0.15) is 0 Å². The third-order valence-electron chi connectivity index (χ3n) is 2.65. The summed E-state index contributed by atoms with van der Waals surface area (Å²) in [4.78, 5) is 31.2. The highest BCUT2D eigenvalue weighted by molar-refractivity contribution is 6.43. The normalized spacial score (nSPS) is 9.73. The minimum Gasteiger partial charge on any atom is -0.497 e. The molecule has 22 heavy (non-hydrogen) atoms. The molecule has 8 nitrogen and oxygen atoms in total. The largest absolute Gasteiger partial charge is 0.497 e. The van der Waals surface area contributed by atoms with Gasteiger partial charge in [-0.3, -0.25) is 14.9 Å². The van der Waals surface area contributed by atoms with Crippen molar-refractivity contribution in [3.8, 4) is 11.5 Å². The molecule has 0 aliphatic carbocycles. The van der Waals surface area contributed by atoms with Crippen LogP contribution in [0.5, 0.6) is 11.5 Å². The molecule has 2 rings (SSSR count). The fourth-order valence-corrected chi connectivity index (χ4v) is 1.60. The quantitative estimate of drug-likeness (QED) is 0.819. The smallest absolute Gasteiger partial charge is 0.316 e. The van der Waals surface area contributed by atoms with E-state index in [1.54, 1.807) is 24.3 Å². The van der Waals surface area contributed by atoms with E-state index in [1.165, 1.54) is 26.6 Å². The van der Waals surface area contributed by atoms with Gasteiger partial charge in [0.25, 0.3) is 0 Å². The minimum atomic E-state index is -0.885. The number of aromatic nitrogens is 2. The second-order valence-corrected chi connectivity index (χ2v) is 4.05. The highest BCUT2D eigenvalue weighted by Crippen LogP contribution is 2.28. The average molecular weight is 302 g/mol. The van der Waals surface area contributed by atoms with Crippen molar-refractivity contribution in [2.24, 2.45) is 0 Å². The van der Waals surface area contributed by atoms with Gasteiger partial charge in [-0.2, -0.15) is 0 Å². The van der Waals surface area contributed by atoms with E-state index in [0.29, 0.717) is 17.2 Å². The van der Waals surface area contributed by atoms with Crippen molar-refractivity contribution in [2.45, 2.75) is 0 Å². The maximum atomic E-state index is 11.9. The maximum absolute atomic E-state index is 11.9. The van der Waals surface area contributed by atoms with Crippen LogP contribution in [0.25, 0.3) is 0 Å². The fraction of sp³-hybridized carbons (Fsp3) is 0.143. The molecule has 1 aromatic carbocycles. The van der Waals surface area contributed by atoms with Crippen LogP contribution in [0.3, 0.4) is 0 Å². The van der Waals surface area contributed by atoms with Gasteiger partial charge in [0.05, 0.1) is 19.9 Å². The van der Waals surface area contributed by atoms with Crippen molar-refractivity contribution in [2.75, 3.05) is 24.9 Å². The Hall–Kier alpha value is -3.16. The van der Waals surface area contributed by atoms with Crippen LogP contribution in [0, 0.1) is 0 Å². The van der Waals surface area contributed by atoms with Gasteiger partial charge < -0.3 is 14.8 Å². The molecule has 0 fully saturated rings. The van der Waals surface area contributed by atoms with Crippen LogP contribution in [-0.2, 0) is 9.59 Å². The lowest BCUT2D eigenvalue weighted by atomic mass is 10.2. The lowest BCUT2D eigenvalue weighted by molar-refractivity contribution is -0.133. The van der Waals surface area contributed by atoms with Crippen molar-refractivity contribution < 1.29 is 19.1 Å². The monoisotopic (exact) mass is 302 g/mol. The van der Waals surface area contributed by atoms with E-state index < -0.39 is 11.8 Å². The Morgan fingerprint density at radius 1 is 1.00 bits per heavy atom. The zero-order chi connectivity index (χ0) is 15.9. The van der Waals surface area contributed by atoms with Gasteiger partial charge in [-0.25, -0.2) is 9.97 Å². The van der Waals surface area contributed by atoms with Crippen molar-refractivity contribution >= 4 is 23.5 Å². The second kappa shape index (κ2) is 7.02. The number of hydrogen-bond acceptors (Lipinski definition) is 6. The zero-order valence-electron chi connectivity index (χ0n) is 12.0. The number of ether oxygens (including phenoxy) is 2. The second-order valence-electron chi connectivity index (χ2n) is 4.05. The van der Waals surface area contributed by atoms with E-state index in [9.17, 15) is 9.59 Å². The minimum absolute atomic E-state index is 0.0457. The Labute approximate surface area is 126 Å². The molecular formula is C14H14N4O4. The molecule has 2 aromatic rings. The van der Waals surface area contributed by atoms with Crippen LogP contribution < -0.4 is 20.1 Å². The SMILES string of the molecule is COc1ccc(NC(=O)C(=O)Nc2ncccn2)c(OC)c1. The van der Waals surface area contributed by atoms with Crippen LogP contribution in [0.2, 0.25) is 0 Å². The Kier molecular flexibility index (Phi) is 4.86. The van der Waals surface area contributed by atoms with Crippen molar-refractivity contribution in [1.82, 2.24) is 9.97 Å². The van der Waals surface area contributed by atoms with E-state index >= 15 is 0 Å². The summed E-state index contributed by atoms with van der Waals surface area (Å²) in [5.41, 5.74) is 0.345. The van der Waals surface area contributed by atoms with Gasteiger partial charge in [-0.05, 0) is 18.2 Å². The van der Waals surface area contributed by atoms with E-state index in [0.717, 1.165) is 0 Å². The van der Waals surface area contributed by atoms with Gasteiger partial charge in [0.1, 0.15) is 11.5 Å². The summed E-state index contributed by atoms with van der Waals surface area (Å²) in [6.07, 6.45) is 2.90. The molecular weight excluding hydrogens is 288 g/mol. The van der Waals surface area contributed by atoms with Crippen molar-refractivity contribution in [3.63, 3.8) is 0 Å². The first-order valence-corrected chi connectivity index (χ1v) is 6.25. The average Bonchev–Trinajstić information content (AvgIpc) is 2.56. The first-order chi connectivity index (χ1) is 10.6. The summed E-state index contributed by atoms with van der Waals surface area (Å²) in [5, 5.41) is 4.73. The molecule has 0 aliphatic heterocycles. The molecule has 8 heteroatoms. The lowest BCUT2D eigenvalue weighted by Crippen LogP contribution is -2.29. The van der Waals surface area contributed by atoms with Gasteiger partial charge in [0.15, 0.2) is 0 Å². The van der Waals surface area contributed by atoms with Crippen LogP contribution in [-0.4, -0.2) is 36.0 Å². The molecule has 1 aromatic heterocycles. The number of rotatable bonds is 4. The Balaban J connectivity index is 2.07. The number of amides is 2. The van der Waals surface area contributed by atoms with Gasteiger partial charge in [-0.1, -0.05) is 0 Å². The van der Waals surface area contributed by atoms with E-state index in [-0.39, 0.29) is 5.95 Å². The Morgan fingerprint density at radius 3 is 2.32 bits per heavy atom. The predicted molar refractivity (Wildman–Crippen MR) is 78.8 cm³/mol. The number of nitrogens with zero attached hydrogens (tertiary/aromatic N) is 2. The number of carbonyl (C=O) groups excluding carboxylic acids is 2. The van der Waals surface area contributed by atoms with E-state index in [1.807, 2.05) is 0 Å². The summed E-state index contributed by atoms with van der Waals surface area (Å²) in [7, 11) is 2.96. The highest BCUT2D eigenvalue weighted by Gasteiger charge is 2.17. The molecule has 0 unspecified atom stereocenters. The van der Waals surface area contributed by atoms with Crippen molar-refractivity contribution in [3.05, 3.63) is 36.7 Å². The van der Waals surface area contributed by atoms with Gasteiger partial charge in [-0.15, -0.1) is 0 Å². The molecule has 0 radical (unpaired) electrons. The topological polar surface area (TPSA) is 102 Å². The molecule has 0 spiro atoms. The first kappa shape index (κ1) is 15.2.